The molecular weight excluding hydrogens is 158 g/mol. The van der Waals surface area contributed by atoms with E-state index in [4.69, 9.17) is 0 Å². The van der Waals surface area contributed by atoms with Gasteiger partial charge >= 0.3 is 0 Å². The van der Waals surface area contributed by atoms with E-state index >= 15 is 0 Å². The molecule has 1 N–H and O–H groups in total. The van der Waals surface area contributed by atoms with Crippen LogP contribution in [0.3, 0.4) is 0 Å². The average Bonchev–Trinajstić information content (AvgIpc) is 2.60. The third kappa shape index (κ3) is 1.46. The number of hydrogen-bond donors (Lipinski definition) is 1. The van der Waals surface area contributed by atoms with Crippen LogP contribution in [0, 0.1) is 5.38 Å². The lowest BCUT2D eigenvalue weighted by molar-refractivity contribution is 0.917. The lowest BCUT2D eigenvalue weighted by Crippen LogP contribution is -1.83. The van der Waals surface area contributed by atoms with E-state index in [1.54, 1.807) is 17.5 Å². The van der Waals surface area contributed by atoms with E-state index in [0.29, 0.717) is 0 Å². The monoisotopic (exact) mass is 164 g/mol. The number of nitrogens with zero attached hydrogens (tertiary/aromatic N) is 2. The van der Waals surface area contributed by atoms with Gasteiger partial charge in [0.2, 0.25) is 0 Å². The minimum atomic E-state index is 0.852. The van der Waals surface area contributed by atoms with Crippen molar-refractivity contribution in [3.63, 3.8) is 0 Å². The molecule has 0 spiro atoms. The highest BCUT2D eigenvalue weighted by atomic mass is 32.1. The molecule has 0 bridgehead atoms. The predicted octanol–water partition coefficient (Wildman–Crippen LogP) is 1.26. The van der Waals surface area contributed by atoms with Gasteiger partial charge in [-0.25, -0.2) is 0 Å². The van der Waals surface area contributed by atoms with Crippen LogP contribution in [0.5, 0.6) is 0 Å². The summed E-state index contributed by atoms with van der Waals surface area (Å²) < 4.78 is 0. The maximum Gasteiger partial charge on any atom is 0.0876 e. The van der Waals surface area contributed by atoms with Crippen LogP contribution in [-0.4, -0.2) is 15.4 Å². The van der Waals surface area contributed by atoms with Crippen LogP contribution in [0.25, 0.3) is 0 Å². The minimum Gasteiger partial charge on any atom is -0.265 e. The molecule has 1 radical (unpaired) electrons. The first kappa shape index (κ1) is 6.54. The summed E-state index contributed by atoms with van der Waals surface area (Å²) in [5, 5.41) is 13.2. The Morgan fingerprint density at radius 3 is 3.27 bits per heavy atom. The third-order valence-electron chi connectivity index (χ3n) is 1.35. The molecular formula is C7H6N3S. The molecule has 0 aliphatic heterocycles. The molecule has 4 heteroatoms. The second-order valence-corrected chi connectivity index (χ2v) is 3.13. The summed E-state index contributed by atoms with van der Waals surface area (Å²) in [5.74, 6) is 0. The van der Waals surface area contributed by atoms with Crippen molar-refractivity contribution >= 4 is 11.3 Å². The SMILES string of the molecule is [c]1ccc(Cc2c[nH]nn2)s1. The zero-order chi connectivity index (χ0) is 7.52. The Bertz CT molecular complexity index is 266. The van der Waals surface area contributed by atoms with E-state index in [-0.39, 0.29) is 0 Å². The third-order valence-corrected chi connectivity index (χ3v) is 2.15. The van der Waals surface area contributed by atoms with Crippen LogP contribution in [0.4, 0.5) is 0 Å². The fourth-order valence-corrected chi connectivity index (χ4v) is 1.50. The Kier molecular flexibility index (Phi) is 1.69. The molecule has 2 rings (SSSR count). The largest absolute Gasteiger partial charge is 0.265 e. The molecule has 3 nitrogen and oxygen atoms in total. The first-order valence-corrected chi connectivity index (χ1v) is 4.07. The van der Waals surface area contributed by atoms with Gasteiger partial charge in [0.25, 0.3) is 0 Å². The molecule has 2 heterocycles. The van der Waals surface area contributed by atoms with E-state index in [1.807, 2.05) is 12.1 Å². The lowest BCUT2D eigenvalue weighted by atomic mass is 10.3. The average molecular weight is 164 g/mol. The van der Waals surface area contributed by atoms with Crippen LogP contribution >= 0.6 is 11.3 Å². The van der Waals surface area contributed by atoms with Crippen LogP contribution < -0.4 is 0 Å². The maximum atomic E-state index is 3.88. The number of aromatic nitrogens is 3. The second-order valence-electron chi connectivity index (χ2n) is 2.16. The van der Waals surface area contributed by atoms with Crippen molar-refractivity contribution < 1.29 is 0 Å². The van der Waals surface area contributed by atoms with Gasteiger partial charge in [0.15, 0.2) is 0 Å². The summed E-state index contributed by atoms with van der Waals surface area (Å²) >= 11 is 1.61. The van der Waals surface area contributed by atoms with E-state index in [9.17, 15) is 0 Å². The van der Waals surface area contributed by atoms with Crippen molar-refractivity contribution in [3.8, 4) is 0 Å². The van der Waals surface area contributed by atoms with Gasteiger partial charge in [-0.1, -0.05) is 5.21 Å². The Labute approximate surface area is 68.1 Å². The summed E-state index contributed by atoms with van der Waals surface area (Å²) in [6.07, 6.45) is 2.66. The van der Waals surface area contributed by atoms with Crippen molar-refractivity contribution in [1.82, 2.24) is 15.4 Å². The van der Waals surface area contributed by atoms with Crippen molar-refractivity contribution in [3.05, 3.63) is 34.3 Å². The van der Waals surface area contributed by atoms with Gasteiger partial charge in [-0.3, -0.25) is 5.10 Å². The number of rotatable bonds is 2. The number of nitrogens with one attached hydrogen (secondary N) is 1. The molecule has 0 aliphatic rings. The van der Waals surface area contributed by atoms with Crippen molar-refractivity contribution in [2.45, 2.75) is 6.42 Å². The van der Waals surface area contributed by atoms with Gasteiger partial charge in [-0.2, -0.15) is 0 Å². The highest BCUT2D eigenvalue weighted by Gasteiger charge is 1.98. The second kappa shape index (κ2) is 2.84. The molecule has 0 amide bonds. The summed E-state index contributed by atoms with van der Waals surface area (Å²) in [6.45, 7) is 0. The van der Waals surface area contributed by atoms with Gasteiger partial charge in [0, 0.05) is 22.9 Å². The first-order chi connectivity index (χ1) is 5.45. The first-order valence-electron chi connectivity index (χ1n) is 3.25. The van der Waals surface area contributed by atoms with E-state index in [1.165, 1.54) is 4.88 Å². The minimum absolute atomic E-state index is 0.852. The van der Waals surface area contributed by atoms with Gasteiger partial charge in [-0.15, -0.1) is 16.4 Å². The Hall–Kier alpha value is -1.16. The Morgan fingerprint density at radius 1 is 1.64 bits per heavy atom. The highest BCUT2D eigenvalue weighted by molar-refractivity contribution is 7.09. The summed E-state index contributed by atoms with van der Waals surface area (Å²) in [7, 11) is 0. The van der Waals surface area contributed by atoms with E-state index in [2.05, 4.69) is 20.8 Å². The van der Waals surface area contributed by atoms with Crippen molar-refractivity contribution in [1.29, 1.82) is 0 Å². The highest BCUT2D eigenvalue weighted by Crippen LogP contribution is 2.11. The molecule has 0 saturated heterocycles. The number of thiophene rings is 1. The van der Waals surface area contributed by atoms with Crippen LogP contribution in [0.2, 0.25) is 0 Å². The molecule has 11 heavy (non-hydrogen) atoms. The summed E-state index contributed by atoms with van der Waals surface area (Å²) in [4.78, 5) is 1.26. The quantitative estimate of drug-likeness (QED) is 0.726. The summed E-state index contributed by atoms with van der Waals surface area (Å²) in [5.41, 5.74) is 0.973. The van der Waals surface area contributed by atoms with Crippen molar-refractivity contribution in [2.75, 3.05) is 0 Å². The standard InChI is InChI=1S/C7H6N3S/c1-2-7(11-3-1)4-6-5-8-10-9-6/h1-2,5H,4H2,(H,8,9,10). The fraction of sp³-hybridized carbons (Fsp3) is 0.143. The fourth-order valence-electron chi connectivity index (χ4n) is 0.856. The summed E-state index contributed by atoms with van der Waals surface area (Å²) in [6, 6.07) is 3.96. The zero-order valence-corrected chi connectivity index (χ0v) is 6.56. The smallest absolute Gasteiger partial charge is 0.0876 e. The molecule has 0 fully saturated rings. The molecule has 2 aromatic heterocycles. The lowest BCUT2D eigenvalue weighted by Gasteiger charge is -1.87. The Balaban J connectivity index is 2.14. The van der Waals surface area contributed by atoms with Crippen LogP contribution in [0.1, 0.15) is 10.6 Å². The zero-order valence-electron chi connectivity index (χ0n) is 5.74. The number of H-pyrrole nitrogens is 1. The molecule has 0 unspecified atom stereocenters. The molecule has 2 aromatic rings. The maximum absolute atomic E-state index is 3.88. The van der Waals surface area contributed by atoms with Crippen LogP contribution in [-0.2, 0) is 6.42 Å². The predicted molar refractivity (Wildman–Crippen MR) is 42.3 cm³/mol. The molecule has 0 aliphatic carbocycles. The Morgan fingerprint density at radius 2 is 2.64 bits per heavy atom. The van der Waals surface area contributed by atoms with E-state index < -0.39 is 0 Å². The van der Waals surface area contributed by atoms with Crippen molar-refractivity contribution in [2.24, 2.45) is 0 Å². The molecule has 0 saturated carbocycles. The molecule has 0 aromatic carbocycles. The number of hydrogen-bond acceptors (Lipinski definition) is 3. The molecule has 0 atom stereocenters. The normalized spacial score (nSPS) is 10.2. The van der Waals surface area contributed by atoms with E-state index in [0.717, 1.165) is 12.1 Å². The van der Waals surface area contributed by atoms with Gasteiger partial charge in [0.05, 0.1) is 5.69 Å². The van der Waals surface area contributed by atoms with Gasteiger partial charge < -0.3 is 0 Å². The van der Waals surface area contributed by atoms with Crippen LogP contribution in [0.15, 0.2) is 18.3 Å². The number of aromatic amines is 1. The molecule has 55 valence electrons. The topological polar surface area (TPSA) is 41.6 Å². The van der Waals surface area contributed by atoms with Gasteiger partial charge in [-0.05, 0) is 12.1 Å². The van der Waals surface area contributed by atoms with Gasteiger partial charge in [0.1, 0.15) is 0 Å².